The van der Waals surface area contributed by atoms with Crippen molar-refractivity contribution in [1.29, 1.82) is 0 Å². The molecule has 0 aliphatic carbocycles. The standard InChI is InChI=1S/C9H14B6F3NO/c10-2-1-3(16)6(5(18)4(2)17)20-7(11)8(12,13)19-9(7,14)15/h1,19H,10-15H2. The van der Waals surface area contributed by atoms with E-state index in [9.17, 15) is 13.2 Å². The molecule has 1 aromatic rings. The monoisotopic (exact) mass is 275 g/mol. The Bertz CT molecular complexity index is 567. The first-order chi connectivity index (χ1) is 8.93. The van der Waals surface area contributed by atoms with Gasteiger partial charge in [-0.25, -0.2) is 8.78 Å². The van der Waals surface area contributed by atoms with Crippen molar-refractivity contribution >= 4 is 52.5 Å². The first-order valence-corrected chi connectivity index (χ1v) is 6.55. The fourth-order valence-electron chi connectivity index (χ4n) is 2.99. The lowest BCUT2D eigenvalue weighted by Gasteiger charge is -2.67. The largest absolute Gasteiger partial charge is 0.490 e. The number of benzene rings is 1. The molecule has 0 atom stereocenters. The molecular formula is C9H14B6F3NO. The third-order valence-corrected chi connectivity index (χ3v) is 4.61. The van der Waals surface area contributed by atoms with E-state index in [1.54, 1.807) is 7.85 Å². The minimum absolute atomic E-state index is 0.0808. The highest BCUT2D eigenvalue weighted by Gasteiger charge is 2.63. The predicted octanol–water partition coefficient (Wildman–Crippen LogP) is -5.49. The van der Waals surface area contributed by atoms with Crippen LogP contribution in [0.15, 0.2) is 6.07 Å². The summed E-state index contributed by atoms with van der Waals surface area (Å²) in [6.07, 6.45) is 0. The summed E-state index contributed by atoms with van der Waals surface area (Å²) in [7, 11) is 10.6. The highest BCUT2D eigenvalue weighted by molar-refractivity contribution is 6.56. The number of halogens is 3. The van der Waals surface area contributed by atoms with Crippen LogP contribution in [-0.4, -0.2) is 63.3 Å². The van der Waals surface area contributed by atoms with Crippen LogP contribution >= 0.6 is 0 Å². The summed E-state index contributed by atoms with van der Waals surface area (Å²) in [6, 6.07) is 0.948. The molecule has 1 heterocycles. The zero-order valence-corrected chi connectivity index (χ0v) is 12.6. The van der Waals surface area contributed by atoms with Crippen LogP contribution < -0.4 is 15.5 Å². The van der Waals surface area contributed by atoms with Crippen molar-refractivity contribution < 1.29 is 17.9 Å². The van der Waals surface area contributed by atoms with E-state index in [1.165, 1.54) is 7.85 Å². The molecule has 0 radical (unpaired) electrons. The molecule has 1 saturated heterocycles. The molecule has 1 aromatic carbocycles. The number of hydrogen-bond donors (Lipinski definition) is 1. The quantitative estimate of drug-likeness (QED) is 0.429. The summed E-state index contributed by atoms with van der Waals surface area (Å²) in [6.45, 7) is 0. The minimum Gasteiger partial charge on any atom is -0.490 e. The Hall–Kier alpha value is -0.840. The Morgan fingerprint density at radius 3 is 1.90 bits per heavy atom. The fraction of sp³-hybridized carbons (Fsp3) is 0.333. The second kappa shape index (κ2) is 4.33. The van der Waals surface area contributed by atoms with Gasteiger partial charge in [-0.1, -0.05) is 0 Å². The molecule has 1 aliphatic heterocycles. The van der Waals surface area contributed by atoms with Crippen molar-refractivity contribution in [1.82, 2.24) is 5.32 Å². The number of ether oxygens (including phenoxy) is 1. The fourth-order valence-corrected chi connectivity index (χ4v) is 2.99. The van der Waals surface area contributed by atoms with Gasteiger partial charge >= 0.3 is 0 Å². The molecule has 1 fully saturated rings. The van der Waals surface area contributed by atoms with Gasteiger partial charge in [-0.2, -0.15) is 4.39 Å². The molecule has 0 spiro atoms. The summed E-state index contributed by atoms with van der Waals surface area (Å²) in [5, 5.41) is 2.29. The minimum atomic E-state index is -1.28. The average molecular weight is 274 g/mol. The lowest BCUT2D eigenvalue weighted by molar-refractivity contribution is 0.0117. The maximum absolute atomic E-state index is 14.0. The Kier molecular flexibility index (Phi) is 3.36. The molecule has 0 saturated carbocycles. The molecular weight excluding hydrogens is 260 g/mol. The maximum atomic E-state index is 14.0. The summed E-state index contributed by atoms with van der Waals surface area (Å²) < 4.78 is 47.1. The van der Waals surface area contributed by atoms with Gasteiger partial charge in [0.25, 0.3) is 0 Å². The van der Waals surface area contributed by atoms with E-state index in [4.69, 9.17) is 4.74 Å². The van der Waals surface area contributed by atoms with Crippen LogP contribution in [0.1, 0.15) is 0 Å². The molecule has 0 aromatic heterocycles. The molecule has 0 unspecified atom stereocenters. The molecule has 100 valence electrons. The topological polar surface area (TPSA) is 21.3 Å². The van der Waals surface area contributed by atoms with Gasteiger partial charge in [0.05, 0.1) is 5.50 Å². The van der Waals surface area contributed by atoms with E-state index in [2.05, 4.69) is 5.32 Å². The van der Waals surface area contributed by atoms with Crippen molar-refractivity contribution in [2.24, 2.45) is 0 Å². The normalized spacial score (nSPS) is 21.9. The van der Waals surface area contributed by atoms with Gasteiger partial charge in [0.1, 0.15) is 39.2 Å². The van der Waals surface area contributed by atoms with Crippen molar-refractivity contribution in [3.8, 4) is 5.75 Å². The van der Waals surface area contributed by atoms with Crippen LogP contribution in [0.3, 0.4) is 0 Å². The maximum Gasteiger partial charge on any atom is 0.203 e. The van der Waals surface area contributed by atoms with Crippen LogP contribution in [0.4, 0.5) is 13.2 Å². The molecule has 2 nitrogen and oxygen atoms in total. The molecule has 11 heteroatoms. The first-order valence-electron chi connectivity index (χ1n) is 6.55. The molecule has 0 bridgehead atoms. The molecule has 0 amide bonds. The molecule has 1 aliphatic rings. The van der Waals surface area contributed by atoms with Gasteiger partial charge in [-0.15, -0.1) is 0 Å². The Morgan fingerprint density at radius 1 is 0.950 bits per heavy atom. The highest BCUT2D eigenvalue weighted by Crippen LogP contribution is 2.39. The number of rotatable bonds is 2. The van der Waals surface area contributed by atoms with E-state index >= 15 is 0 Å². The summed E-state index contributed by atoms with van der Waals surface area (Å²) in [4.78, 5) is 0. The number of nitrogens with one attached hydrogen (secondary N) is 1. The zero-order chi connectivity index (χ0) is 15.5. The van der Waals surface area contributed by atoms with Crippen molar-refractivity contribution in [2.75, 3.05) is 0 Å². The SMILES string of the molecule is Bc1cc(F)c(OC2(B)C(B)(B)NC2(B)B)c(F)c1F. The van der Waals surface area contributed by atoms with Gasteiger partial charge in [0.2, 0.25) is 5.82 Å². The molecule has 2 rings (SSSR count). The highest BCUT2D eigenvalue weighted by atomic mass is 19.2. The predicted molar refractivity (Wildman–Crippen MR) is 89.2 cm³/mol. The summed E-state index contributed by atoms with van der Waals surface area (Å²) in [5.41, 5.74) is -0.952. The Balaban J connectivity index is 2.48. The lowest BCUT2D eigenvalue weighted by atomic mass is 9.27. The van der Waals surface area contributed by atoms with Gasteiger partial charge in [0.15, 0.2) is 25.2 Å². The van der Waals surface area contributed by atoms with E-state index in [1.807, 2.05) is 31.4 Å². The Labute approximate surface area is 122 Å². The van der Waals surface area contributed by atoms with Gasteiger partial charge in [0, 0.05) is 0 Å². The van der Waals surface area contributed by atoms with Crippen LogP contribution in [0.25, 0.3) is 0 Å². The van der Waals surface area contributed by atoms with E-state index in [0.717, 1.165) is 6.07 Å². The van der Waals surface area contributed by atoms with Crippen molar-refractivity contribution in [2.45, 2.75) is 16.2 Å². The van der Waals surface area contributed by atoms with Gasteiger partial charge in [-0.05, 0) is 22.2 Å². The molecule has 20 heavy (non-hydrogen) atoms. The molecule has 1 N–H and O–H groups in total. The zero-order valence-electron chi connectivity index (χ0n) is 12.6. The van der Waals surface area contributed by atoms with Gasteiger partial charge < -0.3 is 10.1 Å². The second-order valence-corrected chi connectivity index (χ2v) is 6.64. The van der Waals surface area contributed by atoms with Crippen LogP contribution in [0.5, 0.6) is 5.75 Å². The van der Waals surface area contributed by atoms with Gasteiger partial charge in [-0.3, -0.25) is 0 Å². The summed E-state index contributed by atoms with van der Waals surface area (Å²) in [5.74, 6) is -3.89. The van der Waals surface area contributed by atoms with Crippen LogP contribution in [-0.2, 0) is 0 Å². The average Bonchev–Trinajstić information content (AvgIpc) is 2.30. The van der Waals surface area contributed by atoms with E-state index in [0.29, 0.717) is 0 Å². The summed E-state index contributed by atoms with van der Waals surface area (Å²) >= 11 is 0. The van der Waals surface area contributed by atoms with Crippen molar-refractivity contribution in [3.05, 3.63) is 23.5 Å². The third-order valence-electron chi connectivity index (χ3n) is 4.61. The lowest BCUT2D eigenvalue weighted by Crippen LogP contribution is -2.94. The van der Waals surface area contributed by atoms with E-state index < -0.39 is 39.4 Å². The Morgan fingerprint density at radius 2 is 1.45 bits per heavy atom. The first kappa shape index (κ1) is 15.5. The third kappa shape index (κ3) is 1.93. The van der Waals surface area contributed by atoms with Crippen LogP contribution in [0.2, 0.25) is 0 Å². The van der Waals surface area contributed by atoms with Crippen LogP contribution in [0, 0.1) is 17.5 Å². The van der Waals surface area contributed by atoms with E-state index in [-0.39, 0.29) is 5.46 Å². The number of hydrogen-bond acceptors (Lipinski definition) is 2. The smallest absolute Gasteiger partial charge is 0.203 e. The second-order valence-electron chi connectivity index (χ2n) is 6.64. The van der Waals surface area contributed by atoms with Crippen molar-refractivity contribution in [3.63, 3.8) is 0 Å².